The number of aliphatic imine (C=N–C) groups is 1. The van der Waals surface area contributed by atoms with Crippen molar-refractivity contribution in [2.45, 2.75) is 25.6 Å². The Balaban J connectivity index is 1.33. The van der Waals surface area contributed by atoms with Gasteiger partial charge < -0.3 is 10.1 Å². The zero-order valence-electron chi connectivity index (χ0n) is 21.1. The van der Waals surface area contributed by atoms with E-state index in [1.807, 2.05) is 54.6 Å². The molecule has 206 valence electrons. The van der Waals surface area contributed by atoms with Gasteiger partial charge in [0.05, 0.1) is 16.1 Å². The van der Waals surface area contributed by atoms with E-state index in [0.717, 1.165) is 22.1 Å². The third kappa shape index (κ3) is 6.00. The summed E-state index contributed by atoms with van der Waals surface area (Å²) in [5.41, 5.74) is 0.720. The summed E-state index contributed by atoms with van der Waals surface area (Å²) in [5.74, 6) is 0.100. The standard InChI is InChI=1S/C29H23Cl2F3N4O2/c1-17-26(28(39)35-14-13-18-7-10-21(11-8-18)40-20-5-3-2-4-6-20)27(19-9-12-22(30)23(31)15-19)38-25(36-17)16-24(37-38)29(32,33)34/h2-12,15-16,26-27H,13-14H2,1H3,(H,35,39). The molecule has 3 aromatic carbocycles. The molecular weight excluding hydrogens is 564 g/mol. The summed E-state index contributed by atoms with van der Waals surface area (Å²) < 4.78 is 47.4. The van der Waals surface area contributed by atoms with Gasteiger partial charge in [-0.1, -0.05) is 59.6 Å². The molecule has 1 N–H and O–H groups in total. The Morgan fingerprint density at radius 2 is 1.68 bits per heavy atom. The van der Waals surface area contributed by atoms with Gasteiger partial charge >= 0.3 is 6.18 Å². The molecule has 11 heteroatoms. The molecule has 6 nitrogen and oxygen atoms in total. The first-order valence-corrected chi connectivity index (χ1v) is 13.1. The van der Waals surface area contributed by atoms with Gasteiger partial charge in [0, 0.05) is 18.3 Å². The number of rotatable bonds is 7. The van der Waals surface area contributed by atoms with E-state index in [4.69, 9.17) is 27.9 Å². The molecule has 1 amide bonds. The van der Waals surface area contributed by atoms with E-state index in [1.54, 1.807) is 13.0 Å². The summed E-state index contributed by atoms with van der Waals surface area (Å²) in [6.45, 7) is 1.92. The molecular formula is C29H23Cl2F3N4O2. The highest BCUT2D eigenvalue weighted by Gasteiger charge is 2.42. The van der Waals surface area contributed by atoms with E-state index in [2.05, 4.69) is 15.4 Å². The van der Waals surface area contributed by atoms with E-state index < -0.39 is 29.7 Å². The number of alkyl halides is 3. The Morgan fingerprint density at radius 3 is 2.35 bits per heavy atom. The molecule has 0 bridgehead atoms. The fourth-order valence-corrected chi connectivity index (χ4v) is 4.89. The first-order chi connectivity index (χ1) is 19.1. The van der Waals surface area contributed by atoms with Crippen LogP contribution in [0.15, 0.2) is 83.9 Å². The molecule has 0 radical (unpaired) electrons. The maximum Gasteiger partial charge on any atom is 0.435 e. The monoisotopic (exact) mass is 586 g/mol. The van der Waals surface area contributed by atoms with Crippen LogP contribution >= 0.6 is 23.2 Å². The minimum Gasteiger partial charge on any atom is -0.457 e. The molecule has 0 aliphatic carbocycles. The van der Waals surface area contributed by atoms with Crippen molar-refractivity contribution in [1.29, 1.82) is 0 Å². The van der Waals surface area contributed by atoms with Crippen LogP contribution in [0.2, 0.25) is 10.0 Å². The van der Waals surface area contributed by atoms with E-state index in [0.29, 0.717) is 30.0 Å². The molecule has 0 saturated heterocycles. The van der Waals surface area contributed by atoms with Crippen LogP contribution in [0.1, 0.15) is 29.8 Å². The number of ether oxygens (including phenoxy) is 1. The summed E-state index contributed by atoms with van der Waals surface area (Å²) in [4.78, 5) is 17.8. The quantitative estimate of drug-likeness (QED) is 0.241. The lowest BCUT2D eigenvalue weighted by atomic mass is 9.87. The van der Waals surface area contributed by atoms with Gasteiger partial charge in [-0.2, -0.15) is 18.3 Å². The van der Waals surface area contributed by atoms with Crippen molar-refractivity contribution in [1.82, 2.24) is 15.1 Å². The fourth-order valence-electron chi connectivity index (χ4n) is 4.58. The molecule has 1 aromatic heterocycles. The van der Waals surface area contributed by atoms with Crippen LogP contribution in [0.4, 0.5) is 19.0 Å². The Hall–Kier alpha value is -3.82. The van der Waals surface area contributed by atoms with Crippen LogP contribution in [-0.2, 0) is 17.4 Å². The molecule has 0 fully saturated rings. The summed E-state index contributed by atoms with van der Waals surface area (Å²) in [6.07, 6.45) is -4.14. The number of benzene rings is 3. The zero-order valence-corrected chi connectivity index (χ0v) is 22.6. The first kappa shape index (κ1) is 27.7. The molecule has 4 aromatic rings. The summed E-state index contributed by atoms with van der Waals surface area (Å²) in [7, 11) is 0. The largest absolute Gasteiger partial charge is 0.457 e. The normalized spacial score (nSPS) is 16.7. The van der Waals surface area contributed by atoms with Crippen molar-refractivity contribution in [3.8, 4) is 11.5 Å². The van der Waals surface area contributed by atoms with Crippen molar-refractivity contribution in [2.24, 2.45) is 10.9 Å². The number of amides is 1. The SMILES string of the molecule is CC1=Nc2cc(C(F)(F)F)nn2C(c2ccc(Cl)c(Cl)c2)C1C(=O)NCCc1ccc(Oc2ccccc2)cc1. The highest BCUT2D eigenvalue weighted by molar-refractivity contribution is 6.42. The lowest BCUT2D eigenvalue weighted by Crippen LogP contribution is -2.42. The summed E-state index contributed by atoms with van der Waals surface area (Å²) >= 11 is 12.3. The molecule has 2 atom stereocenters. The summed E-state index contributed by atoms with van der Waals surface area (Å²) in [5, 5.41) is 7.18. The maximum atomic E-state index is 13.5. The zero-order chi connectivity index (χ0) is 28.4. The van der Waals surface area contributed by atoms with Gasteiger partial charge in [-0.15, -0.1) is 0 Å². The minimum absolute atomic E-state index is 0.00255. The van der Waals surface area contributed by atoms with Crippen LogP contribution in [0.25, 0.3) is 0 Å². The topological polar surface area (TPSA) is 68.5 Å². The van der Waals surface area contributed by atoms with Crippen molar-refractivity contribution >= 4 is 40.6 Å². The highest BCUT2D eigenvalue weighted by Crippen LogP contribution is 2.41. The third-order valence-corrected chi connectivity index (χ3v) is 7.25. The molecule has 2 unspecified atom stereocenters. The van der Waals surface area contributed by atoms with Crippen molar-refractivity contribution in [3.63, 3.8) is 0 Å². The van der Waals surface area contributed by atoms with Crippen LogP contribution < -0.4 is 10.1 Å². The van der Waals surface area contributed by atoms with E-state index in [1.165, 1.54) is 12.1 Å². The Morgan fingerprint density at radius 1 is 0.975 bits per heavy atom. The van der Waals surface area contributed by atoms with Gasteiger partial charge in [-0.05, 0) is 60.9 Å². The van der Waals surface area contributed by atoms with Crippen molar-refractivity contribution in [2.75, 3.05) is 6.54 Å². The van der Waals surface area contributed by atoms with E-state index in [9.17, 15) is 18.0 Å². The maximum absolute atomic E-state index is 13.5. The number of aromatic nitrogens is 2. The number of nitrogens with zero attached hydrogens (tertiary/aromatic N) is 3. The molecule has 5 rings (SSSR count). The number of carbonyl (C=O) groups is 1. The average molecular weight is 587 g/mol. The number of halogens is 5. The Kier molecular flexibility index (Phi) is 7.87. The predicted molar refractivity (Wildman–Crippen MR) is 148 cm³/mol. The van der Waals surface area contributed by atoms with E-state index >= 15 is 0 Å². The third-order valence-electron chi connectivity index (χ3n) is 6.51. The van der Waals surface area contributed by atoms with Crippen molar-refractivity contribution in [3.05, 3.63) is 106 Å². The average Bonchev–Trinajstić information content (AvgIpc) is 3.35. The van der Waals surface area contributed by atoms with E-state index in [-0.39, 0.29) is 15.9 Å². The smallest absolute Gasteiger partial charge is 0.435 e. The van der Waals surface area contributed by atoms with Crippen LogP contribution in [-0.4, -0.2) is 27.9 Å². The second-order valence-electron chi connectivity index (χ2n) is 9.28. The summed E-state index contributed by atoms with van der Waals surface area (Å²) in [6, 6.07) is 21.6. The van der Waals surface area contributed by atoms with Crippen molar-refractivity contribution < 1.29 is 22.7 Å². The van der Waals surface area contributed by atoms with Gasteiger partial charge in [0.2, 0.25) is 5.91 Å². The number of carbonyl (C=O) groups excluding carboxylic acids is 1. The van der Waals surface area contributed by atoms with Crippen LogP contribution in [0.3, 0.4) is 0 Å². The molecule has 2 heterocycles. The predicted octanol–water partition coefficient (Wildman–Crippen LogP) is 7.67. The van der Waals surface area contributed by atoms with Gasteiger partial charge in [-0.3, -0.25) is 4.79 Å². The number of nitrogens with one attached hydrogen (secondary N) is 1. The number of para-hydroxylation sites is 1. The fraction of sp³-hybridized carbons (Fsp3) is 0.207. The van der Waals surface area contributed by atoms with Crippen LogP contribution in [0, 0.1) is 5.92 Å². The molecule has 1 aliphatic rings. The van der Waals surface area contributed by atoms with Gasteiger partial charge in [-0.25, -0.2) is 9.67 Å². The Labute approximate surface area is 238 Å². The molecule has 0 saturated carbocycles. The number of hydrogen-bond acceptors (Lipinski definition) is 4. The van der Waals surface area contributed by atoms with Gasteiger partial charge in [0.1, 0.15) is 17.4 Å². The number of hydrogen-bond donors (Lipinski definition) is 1. The van der Waals surface area contributed by atoms with Gasteiger partial charge in [0.15, 0.2) is 11.5 Å². The lowest BCUT2D eigenvalue weighted by Gasteiger charge is -2.31. The molecule has 1 aliphatic heterocycles. The minimum atomic E-state index is -4.67. The first-order valence-electron chi connectivity index (χ1n) is 12.4. The second-order valence-corrected chi connectivity index (χ2v) is 10.1. The van der Waals surface area contributed by atoms with Crippen LogP contribution in [0.5, 0.6) is 11.5 Å². The Bertz CT molecular complexity index is 1550. The van der Waals surface area contributed by atoms with Gasteiger partial charge in [0.25, 0.3) is 0 Å². The molecule has 40 heavy (non-hydrogen) atoms. The number of fused-ring (bicyclic) bond motifs is 1. The second kappa shape index (κ2) is 11.3. The molecule has 0 spiro atoms. The lowest BCUT2D eigenvalue weighted by molar-refractivity contribution is -0.141. The highest BCUT2D eigenvalue weighted by atomic mass is 35.5.